The Morgan fingerprint density at radius 2 is 1.51 bits per heavy atom. The molecule has 2 aromatic heterocycles. The molecule has 2 aromatic rings. The van der Waals surface area contributed by atoms with E-state index in [-0.39, 0.29) is 18.1 Å². The van der Waals surface area contributed by atoms with Gasteiger partial charge in [0, 0.05) is 25.8 Å². The van der Waals surface area contributed by atoms with Crippen LogP contribution >= 0.6 is 0 Å². The van der Waals surface area contributed by atoms with Crippen molar-refractivity contribution in [1.29, 1.82) is 0 Å². The minimum absolute atomic E-state index is 0.0312. The third kappa shape index (κ3) is 10.1. The lowest BCUT2D eigenvalue weighted by atomic mass is 9.89. The van der Waals surface area contributed by atoms with Gasteiger partial charge in [-0.2, -0.15) is 26.3 Å². The number of rotatable bonds is 3. The molecule has 2 N–H and O–H groups in total. The van der Waals surface area contributed by atoms with Crippen LogP contribution in [0.4, 0.5) is 32.0 Å². The number of nitrogens with zero attached hydrogens (tertiary/aromatic N) is 5. The molecule has 2 aliphatic rings. The highest BCUT2D eigenvalue weighted by Crippen LogP contribution is 2.32. The second-order valence-corrected chi connectivity index (χ2v) is 8.25. The number of hydrogen-bond donors (Lipinski definition) is 2. The molecule has 4 rings (SSSR count). The van der Waals surface area contributed by atoms with E-state index in [4.69, 9.17) is 24.5 Å². The van der Waals surface area contributed by atoms with Crippen molar-refractivity contribution in [2.45, 2.75) is 37.3 Å². The number of hydrogen-bond acceptors (Lipinski definition) is 8. The van der Waals surface area contributed by atoms with Gasteiger partial charge in [0.25, 0.3) is 5.91 Å². The van der Waals surface area contributed by atoms with Crippen LogP contribution in [0.1, 0.15) is 18.5 Å². The van der Waals surface area contributed by atoms with Gasteiger partial charge < -0.3 is 19.8 Å². The molecule has 214 valence electrons. The first-order chi connectivity index (χ1) is 18.1. The lowest BCUT2D eigenvalue weighted by molar-refractivity contribution is -0.193. The summed E-state index contributed by atoms with van der Waals surface area (Å²) in [4.78, 5) is 46.6. The quantitative estimate of drug-likeness (QED) is 0.531. The van der Waals surface area contributed by atoms with Crippen LogP contribution in [0.2, 0.25) is 0 Å². The monoisotopic (exact) mass is 567 g/mol. The minimum Gasteiger partial charge on any atom is -0.475 e. The summed E-state index contributed by atoms with van der Waals surface area (Å²) in [7, 11) is 0. The number of ether oxygens (including phenoxy) is 1. The molecule has 0 radical (unpaired) electrons. The van der Waals surface area contributed by atoms with Crippen LogP contribution in [0.25, 0.3) is 0 Å². The maximum atomic E-state index is 12.3. The number of pyridine rings is 1. The van der Waals surface area contributed by atoms with Gasteiger partial charge in [-0.15, -0.1) is 0 Å². The molecule has 0 aromatic carbocycles. The molecule has 2 fully saturated rings. The Morgan fingerprint density at radius 1 is 0.974 bits per heavy atom. The zero-order valence-corrected chi connectivity index (χ0v) is 20.0. The Bertz CT molecular complexity index is 1070. The van der Waals surface area contributed by atoms with Crippen LogP contribution in [0.15, 0.2) is 43.1 Å². The molecule has 2 aliphatic heterocycles. The standard InChI is InChI=1S/C18H21N5O2.2C2HF3O2/c24-17-12-25-18(13-23(17)16-9-19-14-20-10-16)4-7-22(8-5-18)11-15-3-1-2-6-21-15;2*3-2(4,5)1(6)7/h1-3,6,9-10,14H,4-5,7-8,11-13H2;2*(H,6,7). The smallest absolute Gasteiger partial charge is 0.475 e. The number of aliphatic carboxylic acids is 2. The van der Waals surface area contributed by atoms with Crippen molar-refractivity contribution < 1.29 is 55.7 Å². The van der Waals surface area contributed by atoms with Gasteiger partial charge in [-0.25, -0.2) is 19.6 Å². The molecule has 0 saturated carbocycles. The van der Waals surface area contributed by atoms with Crippen molar-refractivity contribution in [3.8, 4) is 0 Å². The maximum absolute atomic E-state index is 12.3. The SMILES string of the molecule is O=C(O)C(F)(F)F.O=C(O)C(F)(F)F.O=C1COC2(CCN(Cc3ccccn3)CC2)CN1c1cncnc1. The number of morpholine rings is 1. The van der Waals surface area contributed by atoms with Gasteiger partial charge in [-0.3, -0.25) is 14.7 Å². The summed E-state index contributed by atoms with van der Waals surface area (Å²) in [6.07, 6.45) is -1.70. The molecule has 0 unspecified atom stereocenters. The number of halogens is 6. The van der Waals surface area contributed by atoms with Crippen LogP contribution in [0.5, 0.6) is 0 Å². The second kappa shape index (κ2) is 13.3. The van der Waals surface area contributed by atoms with Crippen LogP contribution in [0.3, 0.4) is 0 Å². The molecular formula is C22H23F6N5O6. The number of anilines is 1. The van der Waals surface area contributed by atoms with Crippen LogP contribution in [-0.2, 0) is 25.7 Å². The van der Waals surface area contributed by atoms with E-state index in [1.54, 1.807) is 17.3 Å². The van der Waals surface area contributed by atoms with E-state index in [0.29, 0.717) is 6.54 Å². The number of alkyl halides is 6. The molecule has 0 atom stereocenters. The third-order valence-corrected chi connectivity index (χ3v) is 5.47. The van der Waals surface area contributed by atoms with Crippen molar-refractivity contribution in [2.75, 3.05) is 31.1 Å². The largest absolute Gasteiger partial charge is 0.490 e. The van der Waals surface area contributed by atoms with Crippen molar-refractivity contribution >= 4 is 23.5 Å². The molecule has 1 spiro atoms. The number of carbonyl (C=O) groups excluding carboxylic acids is 1. The molecule has 1 amide bonds. The highest BCUT2D eigenvalue weighted by atomic mass is 19.4. The number of likely N-dealkylation sites (tertiary alicyclic amines) is 1. The fourth-order valence-electron chi connectivity index (χ4n) is 3.52. The summed E-state index contributed by atoms with van der Waals surface area (Å²) >= 11 is 0. The first-order valence-corrected chi connectivity index (χ1v) is 11.0. The Balaban J connectivity index is 0.000000317. The van der Waals surface area contributed by atoms with E-state index >= 15 is 0 Å². The first-order valence-electron chi connectivity index (χ1n) is 11.0. The van der Waals surface area contributed by atoms with Gasteiger partial charge in [-0.1, -0.05) is 6.07 Å². The Labute approximate surface area is 217 Å². The summed E-state index contributed by atoms with van der Waals surface area (Å²) in [6, 6.07) is 6.00. The zero-order valence-electron chi connectivity index (χ0n) is 20.0. The highest BCUT2D eigenvalue weighted by Gasteiger charge is 2.43. The van der Waals surface area contributed by atoms with Crippen LogP contribution < -0.4 is 4.90 Å². The molecule has 2 saturated heterocycles. The van der Waals surface area contributed by atoms with E-state index in [9.17, 15) is 31.1 Å². The van der Waals surface area contributed by atoms with Gasteiger partial charge in [0.2, 0.25) is 0 Å². The van der Waals surface area contributed by atoms with E-state index in [2.05, 4.69) is 25.9 Å². The summed E-state index contributed by atoms with van der Waals surface area (Å²) in [5, 5.41) is 14.2. The van der Waals surface area contributed by atoms with Crippen molar-refractivity contribution in [2.24, 2.45) is 0 Å². The number of aromatic nitrogens is 3. The fraction of sp³-hybridized carbons (Fsp3) is 0.455. The number of carbonyl (C=O) groups is 3. The predicted octanol–water partition coefficient (Wildman–Crippen LogP) is 2.54. The van der Waals surface area contributed by atoms with Crippen molar-refractivity contribution in [3.05, 3.63) is 48.8 Å². The van der Waals surface area contributed by atoms with Crippen molar-refractivity contribution in [1.82, 2.24) is 19.9 Å². The third-order valence-electron chi connectivity index (χ3n) is 5.47. The lowest BCUT2D eigenvalue weighted by Crippen LogP contribution is -2.59. The number of carboxylic acids is 2. The molecule has 0 bridgehead atoms. The van der Waals surface area contributed by atoms with Crippen LogP contribution in [-0.4, -0.2) is 92.1 Å². The average molecular weight is 567 g/mol. The topological polar surface area (TPSA) is 146 Å². The normalized spacial score (nSPS) is 17.4. The van der Waals surface area contributed by atoms with Crippen LogP contribution in [0, 0.1) is 0 Å². The second-order valence-electron chi connectivity index (χ2n) is 8.25. The molecular weight excluding hydrogens is 544 g/mol. The summed E-state index contributed by atoms with van der Waals surface area (Å²) in [6.45, 7) is 3.41. The van der Waals surface area contributed by atoms with Gasteiger partial charge >= 0.3 is 24.3 Å². The lowest BCUT2D eigenvalue weighted by Gasteiger charge is -2.46. The zero-order chi connectivity index (χ0) is 29.3. The van der Waals surface area contributed by atoms with Crippen molar-refractivity contribution in [3.63, 3.8) is 0 Å². The molecule has 11 nitrogen and oxygen atoms in total. The molecule has 4 heterocycles. The van der Waals surface area contributed by atoms with Gasteiger partial charge in [0.15, 0.2) is 0 Å². The Morgan fingerprint density at radius 3 is 1.97 bits per heavy atom. The number of carboxylic acid groups (broad SMARTS) is 2. The summed E-state index contributed by atoms with van der Waals surface area (Å²) in [5.74, 6) is -5.55. The van der Waals surface area contributed by atoms with Gasteiger partial charge in [-0.05, 0) is 25.0 Å². The number of amides is 1. The Hall–Kier alpha value is -3.86. The molecule has 0 aliphatic carbocycles. The fourth-order valence-corrected chi connectivity index (χ4v) is 3.52. The number of piperidine rings is 1. The summed E-state index contributed by atoms with van der Waals surface area (Å²) < 4.78 is 69.5. The van der Waals surface area contributed by atoms with E-state index in [0.717, 1.165) is 43.9 Å². The maximum Gasteiger partial charge on any atom is 0.490 e. The molecule has 17 heteroatoms. The molecule has 39 heavy (non-hydrogen) atoms. The van der Waals surface area contributed by atoms with E-state index in [1.165, 1.54) is 6.33 Å². The van der Waals surface area contributed by atoms with Gasteiger partial charge in [0.05, 0.1) is 35.9 Å². The summed E-state index contributed by atoms with van der Waals surface area (Å²) in [5.41, 5.74) is 1.55. The Kier molecular flexibility index (Phi) is 10.7. The van der Waals surface area contributed by atoms with E-state index < -0.39 is 24.3 Å². The minimum atomic E-state index is -5.08. The first kappa shape index (κ1) is 31.4. The average Bonchev–Trinajstić information content (AvgIpc) is 2.88. The highest BCUT2D eigenvalue weighted by molar-refractivity contribution is 5.94. The predicted molar refractivity (Wildman–Crippen MR) is 119 cm³/mol. The van der Waals surface area contributed by atoms with E-state index in [1.807, 2.05) is 18.3 Å². The van der Waals surface area contributed by atoms with Gasteiger partial charge in [0.1, 0.15) is 12.9 Å².